The van der Waals surface area contributed by atoms with Gasteiger partial charge in [-0.1, -0.05) is 0 Å². The minimum atomic E-state index is -3.89. The fraction of sp³-hybridized carbons (Fsp3) is 0.222. The van der Waals surface area contributed by atoms with Gasteiger partial charge in [-0.3, -0.25) is 5.43 Å². The molecule has 0 aliphatic rings. The summed E-state index contributed by atoms with van der Waals surface area (Å²) in [6.45, 7) is 3.14. The van der Waals surface area contributed by atoms with E-state index >= 15 is 0 Å². The topological polar surface area (TPSA) is 122 Å². The Hall–Kier alpha value is -1.80. The maximum absolute atomic E-state index is 11.7. The number of urea groups is 1. The van der Waals surface area contributed by atoms with E-state index in [1.807, 2.05) is 4.83 Å². The molecule has 0 unspecified atom stereocenters. The summed E-state index contributed by atoms with van der Waals surface area (Å²) in [6, 6.07) is 1.56. The highest BCUT2D eigenvalue weighted by molar-refractivity contribution is 7.89. The van der Waals surface area contributed by atoms with E-state index in [-0.39, 0.29) is 10.6 Å². The highest BCUT2D eigenvalue weighted by Gasteiger charge is 2.16. The molecule has 0 bridgehead atoms. The first-order chi connectivity index (χ1) is 7.74. The number of amides is 2. The first kappa shape index (κ1) is 13.3. The molecule has 0 saturated carbocycles. The second kappa shape index (κ2) is 4.60. The summed E-state index contributed by atoms with van der Waals surface area (Å²) in [4.78, 5) is 12.2. The Morgan fingerprint density at radius 3 is 2.18 bits per heavy atom. The molecule has 8 heteroatoms. The van der Waals surface area contributed by atoms with Gasteiger partial charge in [-0.15, -0.1) is 4.83 Å². The molecule has 0 radical (unpaired) electrons. The summed E-state index contributed by atoms with van der Waals surface area (Å²) < 4.78 is 23.4. The van der Waals surface area contributed by atoms with Crippen LogP contribution in [0.3, 0.4) is 0 Å². The summed E-state index contributed by atoms with van der Waals surface area (Å²) in [5.74, 6) is 0.0341. The van der Waals surface area contributed by atoms with Gasteiger partial charge in [-0.25, -0.2) is 13.2 Å². The van der Waals surface area contributed by atoms with E-state index in [9.17, 15) is 18.3 Å². The first-order valence-electron chi connectivity index (χ1n) is 4.61. The Kier molecular flexibility index (Phi) is 3.59. The molecular weight excluding hydrogens is 246 g/mol. The van der Waals surface area contributed by atoms with Gasteiger partial charge in [0.25, 0.3) is 10.0 Å². The molecule has 0 atom stereocenters. The molecule has 0 aromatic heterocycles. The maximum atomic E-state index is 11.7. The van der Waals surface area contributed by atoms with Crippen LogP contribution < -0.4 is 16.0 Å². The molecule has 0 saturated heterocycles. The van der Waals surface area contributed by atoms with Crippen molar-refractivity contribution in [3.8, 4) is 5.75 Å². The van der Waals surface area contributed by atoms with E-state index < -0.39 is 16.1 Å². The van der Waals surface area contributed by atoms with Crippen LogP contribution in [0.25, 0.3) is 0 Å². The lowest BCUT2D eigenvalue weighted by Gasteiger charge is -2.09. The molecule has 0 heterocycles. The van der Waals surface area contributed by atoms with Crippen molar-refractivity contribution in [1.82, 2.24) is 10.3 Å². The van der Waals surface area contributed by atoms with E-state index in [1.54, 1.807) is 19.3 Å². The van der Waals surface area contributed by atoms with Gasteiger partial charge in [0, 0.05) is 0 Å². The quantitative estimate of drug-likeness (QED) is 0.565. The van der Waals surface area contributed by atoms with Crippen molar-refractivity contribution in [2.24, 2.45) is 5.73 Å². The van der Waals surface area contributed by atoms with Gasteiger partial charge in [0.05, 0.1) is 4.90 Å². The van der Waals surface area contributed by atoms with Crippen LogP contribution in [0.15, 0.2) is 17.0 Å². The van der Waals surface area contributed by atoms with Crippen molar-refractivity contribution in [3.05, 3.63) is 23.3 Å². The largest absolute Gasteiger partial charge is 0.507 e. The maximum Gasteiger partial charge on any atom is 0.327 e. The van der Waals surface area contributed by atoms with Crippen molar-refractivity contribution in [3.63, 3.8) is 0 Å². The molecule has 1 aromatic rings. The zero-order valence-electron chi connectivity index (χ0n) is 9.31. The number of hydrogen-bond donors (Lipinski definition) is 4. The van der Waals surface area contributed by atoms with Crippen molar-refractivity contribution in [1.29, 1.82) is 0 Å². The van der Waals surface area contributed by atoms with Crippen molar-refractivity contribution >= 4 is 16.1 Å². The third kappa shape index (κ3) is 3.08. The lowest BCUT2D eigenvalue weighted by Crippen LogP contribution is -2.44. The number of rotatable bonds is 3. The average molecular weight is 259 g/mol. The third-order valence-corrected chi connectivity index (χ3v) is 3.31. The third-order valence-electron chi connectivity index (χ3n) is 2.08. The van der Waals surface area contributed by atoms with Crippen LogP contribution in [0, 0.1) is 13.8 Å². The smallest absolute Gasteiger partial charge is 0.327 e. The van der Waals surface area contributed by atoms with E-state index in [2.05, 4.69) is 0 Å². The summed E-state index contributed by atoms with van der Waals surface area (Å²) in [6.07, 6.45) is 0. The molecule has 0 aliphatic heterocycles. The molecule has 94 valence electrons. The van der Waals surface area contributed by atoms with Gasteiger partial charge in [-0.05, 0) is 37.1 Å². The van der Waals surface area contributed by atoms with Crippen molar-refractivity contribution < 1.29 is 18.3 Å². The first-order valence-corrected chi connectivity index (χ1v) is 6.10. The number of benzene rings is 1. The van der Waals surface area contributed by atoms with E-state index in [1.165, 1.54) is 12.1 Å². The van der Waals surface area contributed by atoms with E-state index in [0.29, 0.717) is 11.1 Å². The number of sulfonamides is 1. The van der Waals surface area contributed by atoms with E-state index in [0.717, 1.165) is 0 Å². The number of nitrogens with two attached hydrogens (primary N) is 1. The number of hydrazine groups is 1. The highest BCUT2D eigenvalue weighted by atomic mass is 32.2. The lowest BCUT2D eigenvalue weighted by atomic mass is 10.1. The Bertz CT molecular complexity index is 530. The number of aromatic hydroxyl groups is 1. The molecule has 2 amide bonds. The summed E-state index contributed by atoms with van der Waals surface area (Å²) in [5.41, 5.74) is 7.36. The fourth-order valence-corrected chi connectivity index (χ4v) is 2.26. The average Bonchev–Trinajstić information content (AvgIpc) is 2.22. The van der Waals surface area contributed by atoms with Gasteiger partial charge >= 0.3 is 6.03 Å². The Morgan fingerprint density at radius 1 is 1.29 bits per heavy atom. The molecule has 0 aliphatic carbocycles. The number of carbonyl (C=O) groups excluding carboxylic acids is 1. The number of aryl methyl sites for hydroxylation is 2. The second-order valence-corrected chi connectivity index (χ2v) is 5.18. The van der Waals surface area contributed by atoms with Gasteiger partial charge in [-0.2, -0.15) is 0 Å². The van der Waals surface area contributed by atoms with Gasteiger partial charge in [0.15, 0.2) is 0 Å². The number of hydrogen-bond acceptors (Lipinski definition) is 4. The molecular formula is C9H13N3O4S. The Labute approximate surface area is 98.7 Å². The number of carbonyl (C=O) groups is 1. The normalized spacial score (nSPS) is 11.2. The number of primary amides is 1. The van der Waals surface area contributed by atoms with Gasteiger partial charge in [0.1, 0.15) is 5.75 Å². The minimum absolute atomic E-state index is 0.0341. The predicted octanol–water partition coefficient (Wildman–Crippen LogP) is -0.129. The summed E-state index contributed by atoms with van der Waals surface area (Å²) in [7, 11) is -3.89. The van der Waals surface area contributed by atoms with Crippen LogP contribution >= 0.6 is 0 Å². The van der Waals surface area contributed by atoms with Crippen LogP contribution in [0.5, 0.6) is 5.75 Å². The molecule has 17 heavy (non-hydrogen) atoms. The molecule has 5 N–H and O–H groups in total. The van der Waals surface area contributed by atoms with Gasteiger partial charge < -0.3 is 10.8 Å². The SMILES string of the molecule is Cc1cc(S(=O)(=O)NNC(N)=O)cc(C)c1O. The zero-order valence-corrected chi connectivity index (χ0v) is 10.1. The Balaban J connectivity index is 3.12. The standard InChI is InChI=1S/C9H13N3O4S/c1-5-3-7(4-6(2)8(5)13)17(15,16)12-11-9(10)14/h3-4,12-13H,1-2H3,(H3,10,11,14). The van der Waals surface area contributed by atoms with Crippen molar-refractivity contribution in [2.45, 2.75) is 18.7 Å². The lowest BCUT2D eigenvalue weighted by molar-refractivity contribution is 0.247. The van der Waals surface area contributed by atoms with Crippen LogP contribution in [-0.4, -0.2) is 19.6 Å². The molecule has 7 nitrogen and oxygen atoms in total. The minimum Gasteiger partial charge on any atom is -0.507 e. The van der Waals surface area contributed by atoms with Crippen molar-refractivity contribution in [2.75, 3.05) is 0 Å². The number of phenolic OH excluding ortho intramolecular Hbond substituents is 1. The molecule has 0 spiro atoms. The number of phenols is 1. The van der Waals surface area contributed by atoms with Gasteiger partial charge in [0.2, 0.25) is 0 Å². The fourth-order valence-electron chi connectivity index (χ4n) is 1.25. The zero-order chi connectivity index (χ0) is 13.2. The monoisotopic (exact) mass is 259 g/mol. The Morgan fingerprint density at radius 2 is 1.76 bits per heavy atom. The van der Waals surface area contributed by atoms with Crippen LogP contribution in [-0.2, 0) is 10.0 Å². The predicted molar refractivity (Wildman–Crippen MR) is 60.6 cm³/mol. The van der Waals surface area contributed by atoms with Crippen LogP contribution in [0.2, 0.25) is 0 Å². The summed E-state index contributed by atoms with van der Waals surface area (Å²) >= 11 is 0. The summed E-state index contributed by atoms with van der Waals surface area (Å²) in [5, 5.41) is 9.51. The number of nitrogens with one attached hydrogen (secondary N) is 2. The van der Waals surface area contributed by atoms with E-state index in [4.69, 9.17) is 5.73 Å². The van der Waals surface area contributed by atoms with Crippen LogP contribution in [0.1, 0.15) is 11.1 Å². The molecule has 0 fully saturated rings. The molecule has 1 aromatic carbocycles. The van der Waals surface area contributed by atoms with Crippen LogP contribution in [0.4, 0.5) is 4.79 Å². The highest BCUT2D eigenvalue weighted by Crippen LogP contribution is 2.24. The molecule has 1 rings (SSSR count). The second-order valence-electron chi connectivity index (χ2n) is 3.50.